The molecule has 0 saturated heterocycles. The minimum Gasteiger partial charge on any atom is -0.462 e. The zero-order valence-corrected chi connectivity index (χ0v) is 12.1. The maximum absolute atomic E-state index is 13.8. The number of rotatable bonds is 4. The van der Waals surface area contributed by atoms with Crippen LogP contribution in [0.5, 0.6) is 0 Å². The smallest absolute Gasteiger partial charge is 0.340 e. The molecule has 3 N–H and O–H groups in total. The fourth-order valence-corrected chi connectivity index (χ4v) is 1.94. The second-order valence-electron chi connectivity index (χ2n) is 4.27. The number of hydrogen-bond donors (Lipinski definition) is 2. The number of hydrogen-bond acceptors (Lipinski definition) is 4. The fourth-order valence-electron chi connectivity index (χ4n) is 1.78. The number of nitrogen functional groups attached to an aromatic ring is 1. The monoisotopic (exact) mass is 308 g/mol. The molecule has 4 nitrogen and oxygen atoms in total. The van der Waals surface area contributed by atoms with Crippen LogP contribution in [0.15, 0.2) is 36.4 Å². The van der Waals surface area contributed by atoms with Gasteiger partial charge in [-0.1, -0.05) is 11.6 Å². The molecule has 0 aromatic heterocycles. The van der Waals surface area contributed by atoms with Gasteiger partial charge in [-0.05, 0) is 43.3 Å². The molecule has 0 heterocycles. The van der Waals surface area contributed by atoms with Gasteiger partial charge in [0, 0.05) is 10.7 Å². The fraction of sp³-hybridized carbons (Fsp3) is 0.133. The van der Waals surface area contributed by atoms with E-state index in [4.69, 9.17) is 22.1 Å². The molecule has 0 fully saturated rings. The zero-order chi connectivity index (χ0) is 15.4. The number of benzene rings is 2. The zero-order valence-electron chi connectivity index (χ0n) is 11.3. The lowest BCUT2D eigenvalue weighted by atomic mass is 10.1. The second-order valence-corrected chi connectivity index (χ2v) is 4.71. The van der Waals surface area contributed by atoms with E-state index in [-0.39, 0.29) is 17.9 Å². The number of nitrogens with one attached hydrogen (secondary N) is 1. The van der Waals surface area contributed by atoms with Gasteiger partial charge >= 0.3 is 5.97 Å². The number of esters is 1. The predicted molar refractivity (Wildman–Crippen MR) is 81.5 cm³/mol. The molecule has 6 heteroatoms. The molecule has 0 bridgehead atoms. The highest BCUT2D eigenvalue weighted by atomic mass is 35.5. The van der Waals surface area contributed by atoms with Gasteiger partial charge in [0.2, 0.25) is 0 Å². The summed E-state index contributed by atoms with van der Waals surface area (Å²) in [7, 11) is 0. The first-order chi connectivity index (χ1) is 10.0. The summed E-state index contributed by atoms with van der Waals surface area (Å²) in [5.41, 5.74) is 6.95. The molecule has 0 aliphatic carbocycles. The summed E-state index contributed by atoms with van der Waals surface area (Å²) in [6, 6.07) is 8.91. The summed E-state index contributed by atoms with van der Waals surface area (Å²) >= 11 is 5.71. The van der Waals surface area contributed by atoms with Gasteiger partial charge in [0.15, 0.2) is 0 Å². The Balaban J connectivity index is 2.37. The van der Waals surface area contributed by atoms with Crippen molar-refractivity contribution in [2.75, 3.05) is 17.7 Å². The van der Waals surface area contributed by atoms with Crippen LogP contribution in [0, 0.1) is 5.82 Å². The summed E-state index contributed by atoms with van der Waals surface area (Å²) < 4.78 is 18.8. The van der Waals surface area contributed by atoms with Crippen molar-refractivity contribution in [3.63, 3.8) is 0 Å². The molecule has 0 radical (unpaired) electrons. The lowest BCUT2D eigenvalue weighted by molar-refractivity contribution is 0.0527. The van der Waals surface area contributed by atoms with Gasteiger partial charge in [0.1, 0.15) is 5.82 Å². The summed E-state index contributed by atoms with van der Waals surface area (Å²) in [6.45, 7) is 1.94. The maximum atomic E-state index is 13.8. The van der Waals surface area contributed by atoms with Crippen molar-refractivity contribution in [2.45, 2.75) is 6.92 Å². The van der Waals surface area contributed by atoms with Crippen LogP contribution < -0.4 is 11.1 Å². The van der Waals surface area contributed by atoms with Crippen LogP contribution in [0.1, 0.15) is 17.3 Å². The van der Waals surface area contributed by atoms with E-state index in [0.717, 1.165) is 0 Å². The van der Waals surface area contributed by atoms with Crippen molar-refractivity contribution < 1.29 is 13.9 Å². The average molecular weight is 309 g/mol. The van der Waals surface area contributed by atoms with E-state index in [1.165, 1.54) is 18.2 Å². The van der Waals surface area contributed by atoms with Gasteiger partial charge in [-0.25, -0.2) is 9.18 Å². The third-order valence-electron chi connectivity index (χ3n) is 2.74. The summed E-state index contributed by atoms with van der Waals surface area (Å²) in [6.07, 6.45) is 0. The molecule has 0 atom stereocenters. The minimum absolute atomic E-state index is 0.203. The summed E-state index contributed by atoms with van der Waals surface area (Å²) in [5.74, 6) is -1.05. The Morgan fingerprint density at radius 1 is 1.29 bits per heavy atom. The highest BCUT2D eigenvalue weighted by Crippen LogP contribution is 2.27. The molecule has 0 unspecified atom stereocenters. The van der Waals surface area contributed by atoms with Crippen LogP contribution in [-0.2, 0) is 4.74 Å². The Morgan fingerprint density at radius 2 is 2.00 bits per heavy atom. The van der Waals surface area contributed by atoms with E-state index in [1.807, 2.05) is 0 Å². The van der Waals surface area contributed by atoms with Gasteiger partial charge in [-0.15, -0.1) is 0 Å². The van der Waals surface area contributed by atoms with Crippen molar-refractivity contribution >= 4 is 34.6 Å². The number of carbonyl (C=O) groups excluding carboxylic acids is 1. The van der Waals surface area contributed by atoms with Crippen LogP contribution in [0.4, 0.5) is 21.5 Å². The lowest BCUT2D eigenvalue weighted by Gasteiger charge is -2.13. The van der Waals surface area contributed by atoms with Crippen molar-refractivity contribution in [1.82, 2.24) is 0 Å². The maximum Gasteiger partial charge on any atom is 0.340 e. The van der Waals surface area contributed by atoms with Crippen molar-refractivity contribution in [3.8, 4) is 0 Å². The lowest BCUT2D eigenvalue weighted by Crippen LogP contribution is -2.09. The van der Waals surface area contributed by atoms with Crippen LogP contribution >= 0.6 is 11.6 Å². The number of halogens is 2. The molecule has 21 heavy (non-hydrogen) atoms. The molecule has 0 aliphatic heterocycles. The Hall–Kier alpha value is -2.27. The average Bonchev–Trinajstić information content (AvgIpc) is 2.43. The molecule has 2 aromatic carbocycles. The van der Waals surface area contributed by atoms with Gasteiger partial charge in [-0.3, -0.25) is 0 Å². The molecule has 0 saturated carbocycles. The van der Waals surface area contributed by atoms with Crippen molar-refractivity contribution in [3.05, 3.63) is 52.8 Å². The molecule has 0 spiro atoms. The SMILES string of the molecule is CCOC(=O)c1cc(N)ccc1Nc1ccc(Cl)cc1F. The van der Waals surface area contributed by atoms with E-state index < -0.39 is 11.8 Å². The highest BCUT2D eigenvalue weighted by Gasteiger charge is 2.14. The number of carbonyl (C=O) groups is 1. The first-order valence-electron chi connectivity index (χ1n) is 6.30. The number of ether oxygens (including phenoxy) is 1. The van der Waals surface area contributed by atoms with E-state index in [2.05, 4.69) is 5.32 Å². The molecule has 110 valence electrons. The largest absolute Gasteiger partial charge is 0.462 e. The van der Waals surface area contributed by atoms with E-state index in [9.17, 15) is 9.18 Å². The highest BCUT2D eigenvalue weighted by molar-refractivity contribution is 6.30. The van der Waals surface area contributed by atoms with Crippen LogP contribution in [0.2, 0.25) is 5.02 Å². The third kappa shape index (κ3) is 3.64. The van der Waals surface area contributed by atoms with E-state index in [1.54, 1.807) is 25.1 Å². The molecular weight excluding hydrogens is 295 g/mol. The predicted octanol–water partition coefficient (Wildman–Crippen LogP) is 3.98. The van der Waals surface area contributed by atoms with Gasteiger partial charge in [0.05, 0.1) is 23.5 Å². The quantitative estimate of drug-likeness (QED) is 0.662. The standard InChI is InChI=1S/C15H14ClFN2O2/c1-2-21-15(20)11-8-10(18)4-6-13(11)19-14-5-3-9(16)7-12(14)17/h3-8,19H,2,18H2,1H3. The number of anilines is 3. The van der Waals surface area contributed by atoms with E-state index in [0.29, 0.717) is 16.4 Å². The van der Waals surface area contributed by atoms with Crippen molar-refractivity contribution in [2.24, 2.45) is 0 Å². The van der Waals surface area contributed by atoms with Crippen molar-refractivity contribution in [1.29, 1.82) is 0 Å². The normalized spacial score (nSPS) is 10.2. The Labute approximate surface area is 126 Å². The van der Waals surface area contributed by atoms with Gasteiger partial charge in [0.25, 0.3) is 0 Å². The third-order valence-corrected chi connectivity index (χ3v) is 2.97. The van der Waals surface area contributed by atoms with Crippen LogP contribution in [0.3, 0.4) is 0 Å². The first-order valence-corrected chi connectivity index (χ1v) is 6.67. The summed E-state index contributed by atoms with van der Waals surface area (Å²) in [4.78, 5) is 11.9. The molecular formula is C15H14ClFN2O2. The second kappa shape index (κ2) is 6.45. The Morgan fingerprint density at radius 3 is 2.67 bits per heavy atom. The Bertz CT molecular complexity index is 677. The summed E-state index contributed by atoms with van der Waals surface area (Å²) in [5, 5.41) is 3.14. The van der Waals surface area contributed by atoms with Gasteiger partial charge < -0.3 is 15.8 Å². The Kier molecular flexibility index (Phi) is 4.65. The molecule has 2 aromatic rings. The van der Waals surface area contributed by atoms with Gasteiger partial charge in [-0.2, -0.15) is 0 Å². The molecule has 2 rings (SSSR count). The topological polar surface area (TPSA) is 64.3 Å². The molecule has 0 amide bonds. The minimum atomic E-state index is -0.526. The first kappa shape index (κ1) is 15.1. The number of nitrogens with two attached hydrogens (primary N) is 1. The van der Waals surface area contributed by atoms with Crippen LogP contribution in [-0.4, -0.2) is 12.6 Å². The van der Waals surface area contributed by atoms with Crippen LogP contribution in [0.25, 0.3) is 0 Å². The molecule has 0 aliphatic rings. The van der Waals surface area contributed by atoms with E-state index >= 15 is 0 Å².